The molecule has 2 rings (SSSR count). The summed E-state index contributed by atoms with van der Waals surface area (Å²) in [6, 6.07) is 11.5. The minimum Gasteiger partial charge on any atom is -0.324 e. The monoisotopic (exact) mass is 388 g/mol. The molecule has 0 saturated heterocycles. The summed E-state index contributed by atoms with van der Waals surface area (Å²) in [6.07, 6.45) is 2.52. The van der Waals surface area contributed by atoms with Gasteiger partial charge in [-0.3, -0.25) is 9.10 Å². The summed E-state index contributed by atoms with van der Waals surface area (Å²) in [5.41, 5.74) is 5.20. The van der Waals surface area contributed by atoms with Gasteiger partial charge in [0.05, 0.1) is 11.9 Å². The number of hydrogen-bond donors (Lipinski definition) is 1. The zero-order chi connectivity index (χ0) is 20.2. The first kappa shape index (κ1) is 21.0. The lowest BCUT2D eigenvalue weighted by Gasteiger charge is -2.26. The fourth-order valence-electron chi connectivity index (χ4n) is 3.28. The summed E-state index contributed by atoms with van der Waals surface area (Å²) in [6.45, 7) is 7.62. The van der Waals surface area contributed by atoms with Gasteiger partial charge in [-0.25, -0.2) is 8.42 Å². The van der Waals surface area contributed by atoms with Gasteiger partial charge in [-0.1, -0.05) is 38.1 Å². The maximum Gasteiger partial charge on any atom is 0.245 e. The van der Waals surface area contributed by atoms with Crippen LogP contribution in [0.25, 0.3) is 0 Å². The van der Waals surface area contributed by atoms with E-state index in [9.17, 15) is 13.2 Å². The van der Waals surface area contributed by atoms with E-state index in [0.29, 0.717) is 24.2 Å². The van der Waals surface area contributed by atoms with Crippen LogP contribution in [0.5, 0.6) is 0 Å². The molecule has 0 bridgehead atoms. The number of hydrogen-bond acceptors (Lipinski definition) is 3. The van der Waals surface area contributed by atoms with E-state index in [1.54, 1.807) is 0 Å². The molecule has 1 N–H and O–H groups in total. The molecule has 146 valence electrons. The Bertz CT molecular complexity index is 894. The Hall–Kier alpha value is -2.34. The predicted molar refractivity (Wildman–Crippen MR) is 112 cm³/mol. The van der Waals surface area contributed by atoms with Gasteiger partial charge in [0.25, 0.3) is 0 Å². The molecule has 5 nitrogen and oxygen atoms in total. The molecular weight excluding hydrogens is 360 g/mol. The molecule has 0 atom stereocenters. The molecule has 1 amide bonds. The Balaban J connectivity index is 2.38. The molecule has 0 aliphatic heterocycles. The molecule has 0 radical (unpaired) electrons. The molecule has 0 spiro atoms. The second-order valence-corrected chi connectivity index (χ2v) is 8.73. The maximum atomic E-state index is 12.6. The van der Waals surface area contributed by atoms with Crippen LogP contribution >= 0.6 is 0 Å². The first-order valence-electron chi connectivity index (χ1n) is 9.12. The molecule has 0 fully saturated rings. The average Bonchev–Trinajstić information content (AvgIpc) is 2.57. The Kier molecular flexibility index (Phi) is 6.65. The fourth-order valence-corrected chi connectivity index (χ4v) is 4.19. The quantitative estimate of drug-likeness (QED) is 0.784. The van der Waals surface area contributed by atoms with Gasteiger partial charge in [-0.15, -0.1) is 0 Å². The lowest BCUT2D eigenvalue weighted by molar-refractivity contribution is -0.114. The molecule has 0 aliphatic carbocycles. The van der Waals surface area contributed by atoms with Crippen molar-refractivity contribution in [1.82, 2.24) is 0 Å². The highest BCUT2D eigenvalue weighted by molar-refractivity contribution is 7.92. The van der Waals surface area contributed by atoms with E-state index in [1.807, 2.05) is 64.1 Å². The van der Waals surface area contributed by atoms with Gasteiger partial charge in [0.1, 0.15) is 6.54 Å². The number of carbonyl (C=O) groups excluding carboxylic acids is 1. The van der Waals surface area contributed by atoms with E-state index < -0.39 is 10.0 Å². The lowest BCUT2D eigenvalue weighted by atomic mass is 10.0. The normalized spacial score (nSPS) is 11.3. The first-order valence-corrected chi connectivity index (χ1v) is 11.0. The number of para-hydroxylation sites is 1. The third-order valence-corrected chi connectivity index (χ3v) is 5.52. The van der Waals surface area contributed by atoms with Crippen molar-refractivity contribution < 1.29 is 13.2 Å². The minimum atomic E-state index is -3.61. The van der Waals surface area contributed by atoms with Crippen LogP contribution in [0, 0.1) is 13.8 Å². The molecular formula is C21H28N2O3S. The van der Waals surface area contributed by atoms with Crippen molar-refractivity contribution in [3.8, 4) is 0 Å². The average molecular weight is 389 g/mol. The van der Waals surface area contributed by atoms with E-state index in [0.717, 1.165) is 28.5 Å². The van der Waals surface area contributed by atoms with Gasteiger partial charge in [0.15, 0.2) is 0 Å². The first-order chi connectivity index (χ1) is 12.7. The zero-order valence-electron chi connectivity index (χ0n) is 16.7. The molecule has 0 aromatic heterocycles. The maximum absolute atomic E-state index is 12.6. The number of rotatable bonds is 7. The Morgan fingerprint density at radius 2 is 1.52 bits per heavy atom. The van der Waals surface area contributed by atoms with E-state index >= 15 is 0 Å². The second-order valence-electron chi connectivity index (χ2n) is 6.83. The summed E-state index contributed by atoms with van der Waals surface area (Å²) in [4.78, 5) is 12.6. The van der Waals surface area contributed by atoms with Gasteiger partial charge < -0.3 is 5.32 Å². The number of amides is 1. The van der Waals surface area contributed by atoms with E-state index in [2.05, 4.69) is 5.32 Å². The van der Waals surface area contributed by atoms with Gasteiger partial charge in [0.2, 0.25) is 15.9 Å². The highest BCUT2D eigenvalue weighted by Crippen LogP contribution is 2.29. The molecule has 2 aromatic carbocycles. The van der Waals surface area contributed by atoms with Crippen LogP contribution in [0.3, 0.4) is 0 Å². The Morgan fingerprint density at radius 1 is 1.00 bits per heavy atom. The summed E-state index contributed by atoms with van der Waals surface area (Å²) in [7, 11) is -3.61. The van der Waals surface area contributed by atoms with Gasteiger partial charge in [0, 0.05) is 5.69 Å². The largest absolute Gasteiger partial charge is 0.324 e. The molecule has 0 heterocycles. The predicted octanol–water partition coefficient (Wildman–Crippen LogP) is 3.83. The van der Waals surface area contributed by atoms with E-state index in [1.165, 1.54) is 4.31 Å². The highest BCUT2D eigenvalue weighted by atomic mass is 32.2. The van der Waals surface area contributed by atoms with Crippen molar-refractivity contribution in [1.29, 1.82) is 0 Å². The lowest BCUT2D eigenvalue weighted by Crippen LogP contribution is -2.38. The number of carbonyl (C=O) groups is 1. The second kappa shape index (κ2) is 8.57. The van der Waals surface area contributed by atoms with Crippen LogP contribution in [0.15, 0.2) is 36.4 Å². The highest BCUT2D eigenvalue weighted by Gasteiger charge is 2.25. The van der Waals surface area contributed by atoms with Crippen molar-refractivity contribution >= 4 is 27.3 Å². The van der Waals surface area contributed by atoms with Crippen molar-refractivity contribution in [3.05, 3.63) is 58.7 Å². The number of anilines is 2. The number of nitrogens with one attached hydrogen (secondary N) is 1. The fraction of sp³-hybridized carbons (Fsp3) is 0.381. The summed E-state index contributed by atoms with van der Waals surface area (Å²) < 4.78 is 26.2. The van der Waals surface area contributed by atoms with Crippen LogP contribution in [0.4, 0.5) is 11.4 Å². The number of nitrogens with zero attached hydrogens (tertiary/aromatic N) is 1. The smallest absolute Gasteiger partial charge is 0.245 e. The van der Waals surface area contributed by atoms with Crippen LogP contribution < -0.4 is 9.62 Å². The SMILES string of the molecule is CCc1cccc(CC)c1N(CC(=O)Nc1cc(C)cc(C)c1)S(C)(=O)=O. The standard InChI is InChI=1S/C21H28N2O3S/c1-6-17-9-8-10-18(7-2)21(17)23(27(5,25)26)14-20(24)22-19-12-15(3)11-16(4)13-19/h8-13H,6-7,14H2,1-5H3,(H,22,24). The molecule has 2 aromatic rings. The minimum absolute atomic E-state index is 0.254. The van der Waals surface area contributed by atoms with E-state index in [4.69, 9.17) is 0 Å². The molecule has 6 heteroatoms. The zero-order valence-corrected chi connectivity index (χ0v) is 17.5. The van der Waals surface area contributed by atoms with Gasteiger partial charge in [-0.05, 0) is 61.1 Å². The summed E-state index contributed by atoms with van der Waals surface area (Å²) >= 11 is 0. The van der Waals surface area contributed by atoms with Crippen LogP contribution in [-0.4, -0.2) is 27.1 Å². The van der Waals surface area contributed by atoms with E-state index in [-0.39, 0.29) is 12.5 Å². The molecule has 0 saturated carbocycles. The van der Waals surface area contributed by atoms with Crippen LogP contribution in [0.1, 0.15) is 36.1 Å². The van der Waals surface area contributed by atoms with Gasteiger partial charge in [-0.2, -0.15) is 0 Å². The number of sulfonamides is 1. The number of aryl methyl sites for hydroxylation is 4. The Labute approximate surface area is 162 Å². The Morgan fingerprint density at radius 3 is 1.96 bits per heavy atom. The summed E-state index contributed by atoms with van der Waals surface area (Å²) in [5, 5.41) is 2.83. The van der Waals surface area contributed by atoms with Crippen molar-refractivity contribution in [2.45, 2.75) is 40.5 Å². The van der Waals surface area contributed by atoms with Crippen molar-refractivity contribution in [2.75, 3.05) is 22.4 Å². The topological polar surface area (TPSA) is 66.5 Å². The molecule has 0 unspecified atom stereocenters. The van der Waals surface area contributed by atoms with Gasteiger partial charge >= 0.3 is 0 Å². The summed E-state index contributed by atoms with van der Waals surface area (Å²) in [5.74, 6) is -0.363. The van der Waals surface area contributed by atoms with Crippen LogP contribution in [-0.2, 0) is 27.7 Å². The molecule has 0 aliphatic rings. The molecule has 27 heavy (non-hydrogen) atoms. The third-order valence-electron chi connectivity index (χ3n) is 4.41. The number of benzene rings is 2. The van der Waals surface area contributed by atoms with Crippen molar-refractivity contribution in [2.24, 2.45) is 0 Å². The van der Waals surface area contributed by atoms with Crippen LogP contribution in [0.2, 0.25) is 0 Å². The third kappa shape index (κ3) is 5.32. The van der Waals surface area contributed by atoms with Crippen molar-refractivity contribution in [3.63, 3.8) is 0 Å².